The molecular formula is C9H20OS. The molecule has 1 nitrogen and oxygen atoms in total. The van der Waals surface area contributed by atoms with Gasteiger partial charge in [0.25, 0.3) is 0 Å². The Kier molecular flexibility index (Phi) is 3.92. The monoisotopic (exact) mass is 176 g/mol. The minimum Gasteiger partial charge on any atom is -0.375 e. The molecule has 0 aromatic carbocycles. The van der Waals surface area contributed by atoms with Crippen molar-refractivity contribution in [2.24, 2.45) is 5.41 Å². The summed E-state index contributed by atoms with van der Waals surface area (Å²) in [7, 11) is 0. The second kappa shape index (κ2) is 3.81. The Morgan fingerprint density at radius 2 is 1.55 bits per heavy atom. The van der Waals surface area contributed by atoms with Crippen molar-refractivity contribution in [1.82, 2.24) is 0 Å². The van der Waals surface area contributed by atoms with Gasteiger partial charge in [0.05, 0.1) is 12.2 Å². The predicted octanol–water partition coefficient (Wildman–Crippen LogP) is 2.76. The molecule has 0 radical (unpaired) electrons. The SMILES string of the molecule is CC(C)(CS)COC(C)(C)C. The molecule has 0 aliphatic heterocycles. The summed E-state index contributed by atoms with van der Waals surface area (Å²) < 4.78 is 5.64. The predicted molar refractivity (Wildman–Crippen MR) is 53.3 cm³/mol. The van der Waals surface area contributed by atoms with Gasteiger partial charge in [0.15, 0.2) is 0 Å². The first-order valence-electron chi connectivity index (χ1n) is 4.02. The smallest absolute Gasteiger partial charge is 0.0598 e. The molecule has 0 bridgehead atoms. The van der Waals surface area contributed by atoms with Crippen molar-refractivity contribution in [1.29, 1.82) is 0 Å². The summed E-state index contributed by atoms with van der Waals surface area (Å²) in [4.78, 5) is 0. The zero-order valence-electron chi connectivity index (χ0n) is 8.27. The summed E-state index contributed by atoms with van der Waals surface area (Å²) in [5.41, 5.74) is 0.163. The maximum absolute atomic E-state index is 5.64. The lowest BCUT2D eigenvalue weighted by Gasteiger charge is -2.28. The van der Waals surface area contributed by atoms with E-state index in [0.29, 0.717) is 0 Å². The van der Waals surface area contributed by atoms with Gasteiger partial charge in [0.2, 0.25) is 0 Å². The van der Waals surface area contributed by atoms with Crippen molar-refractivity contribution in [3.8, 4) is 0 Å². The van der Waals surface area contributed by atoms with E-state index in [1.165, 1.54) is 0 Å². The van der Waals surface area contributed by atoms with Crippen molar-refractivity contribution in [3.05, 3.63) is 0 Å². The lowest BCUT2D eigenvalue weighted by molar-refractivity contribution is -0.0369. The first kappa shape index (κ1) is 11.3. The highest BCUT2D eigenvalue weighted by Gasteiger charge is 2.20. The molecule has 0 amide bonds. The van der Waals surface area contributed by atoms with E-state index in [9.17, 15) is 0 Å². The third-order valence-electron chi connectivity index (χ3n) is 1.32. The minimum atomic E-state index is -0.0276. The maximum atomic E-state index is 5.64. The fourth-order valence-electron chi connectivity index (χ4n) is 0.458. The Hall–Kier alpha value is 0.310. The molecule has 0 atom stereocenters. The van der Waals surface area contributed by atoms with Crippen LogP contribution < -0.4 is 0 Å². The summed E-state index contributed by atoms with van der Waals surface area (Å²) in [6.45, 7) is 11.3. The quantitative estimate of drug-likeness (QED) is 0.651. The molecular weight excluding hydrogens is 156 g/mol. The number of rotatable bonds is 3. The van der Waals surface area contributed by atoms with Crippen LogP contribution in [-0.4, -0.2) is 18.0 Å². The maximum Gasteiger partial charge on any atom is 0.0598 e. The molecule has 0 heterocycles. The summed E-state index contributed by atoms with van der Waals surface area (Å²) in [5.74, 6) is 0.864. The third kappa shape index (κ3) is 6.70. The van der Waals surface area contributed by atoms with Gasteiger partial charge in [-0.25, -0.2) is 0 Å². The van der Waals surface area contributed by atoms with E-state index in [-0.39, 0.29) is 11.0 Å². The van der Waals surface area contributed by atoms with Crippen molar-refractivity contribution in [2.45, 2.75) is 40.2 Å². The van der Waals surface area contributed by atoms with Crippen LogP contribution >= 0.6 is 12.6 Å². The van der Waals surface area contributed by atoms with Gasteiger partial charge in [-0.3, -0.25) is 0 Å². The normalized spacial score (nSPS) is 13.6. The Labute approximate surface area is 75.9 Å². The summed E-state index contributed by atoms with van der Waals surface area (Å²) in [5, 5.41) is 0. The zero-order valence-corrected chi connectivity index (χ0v) is 9.16. The van der Waals surface area contributed by atoms with E-state index in [4.69, 9.17) is 4.74 Å². The van der Waals surface area contributed by atoms with Crippen LogP contribution in [0.2, 0.25) is 0 Å². The molecule has 0 saturated heterocycles. The molecule has 0 aromatic rings. The van der Waals surface area contributed by atoms with Gasteiger partial charge in [-0.05, 0) is 31.9 Å². The Bertz CT molecular complexity index is 113. The average Bonchev–Trinajstić information content (AvgIpc) is 1.83. The van der Waals surface area contributed by atoms with Crippen LogP contribution in [0.1, 0.15) is 34.6 Å². The summed E-state index contributed by atoms with van der Waals surface area (Å²) >= 11 is 4.25. The van der Waals surface area contributed by atoms with Crippen molar-refractivity contribution in [3.63, 3.8) is 0 Å². The standard InChI is InChI=1S/C9H20OS/c1-8(2,3)10-6-9(4,5)7-11/h11H,6-7H2,1-5H3. The zero-order chi connectivity index (χ0) is 9.12. The molecule has 0 saturated carbocycles. The molecule has 0 aromatic heterocycles. The largest absolute Gasteiger partial charge is 0.375 e. The second-order valence-electron chi connectivity index (χ2n) is 4.72. The second-order valence-corrected chi connectivity index (χ2v) is 5.04. The van der Waals surface area contributed by atoms with Gasteiger partial charge in [0.1, 0.15) is 0 Å². The van der Waals surface area contributed by atoms with Crippen LogP contribution in [0.3, 0.4) is 0 Å². The third-order valence-corrected chi connectivity index (χ3v) is 2.18. The van der Waals surface area contributed by atoms with E-state index >= 15 is 0 Å². The highest BCUT2D eigenvalue weighted by atomic mass is 32.1. The fourth-order valence-corrected chi connectivity index (χ4v) is 0.549. The van der Waals surface area contributed by atoms with Crippen LogP contribution in [0.4, 0.5) is 0 Å². The van der Waals surface area contributed by atoms with Gasteiger partial charge < -0.3 is 4.74 Å². The van der Waals surface area contributed by atoms with E-state index in [2.05, 4.69) is 47.2 Å². The molecule has 2 heteroatoms. The highest BCUT2D eigenvalue weighted by Crippen LogP contribution is 2.20. The Morgan fingerprint density at radius 3 is 1.82 bits per heavy atom. The van der Waals surface area contributed by atoms with Gasteiger partial charge in [0, 0.05) is 0 Å². The van der Waals surface area contributed by atoms with Gasteiger partial charge in [-0.2, -0.15) is 12.6 Å². The van der Waals surface area contributed by atoms with E-state index in [1.807, 2.05) is 0 Å². The molecule has 0 aliphatic rings. The number of ether oxygens (including phenoxy) is 1. The molecule has 0 unspecified atom stereocenters. The van der Waals surface area contributed by atoms with Crippen molar-refractivity contribution < 1.29 is 4.74 Å². The molecule has 68 valence electrons. The topological polar surface area (TPSA) is 9.23 Å². The molecule has 0 fully saturated rings. The van der Waals surface area contributed by atoms with Crippen molar-refractivity contribution in [2.75, 3.05) is 12.4 Å². The summed E-state index contributed by atoms with van der Waals surface area (Å²) in [6.07, 6.45) is 0. The molecule has 0 aliphatic carbocycles. The molecule has 0 rings (SSSR count). The molecule has 0 spiro atoms. The molecule has 0 N–H and O–H groups in total. The van der Waals surface area contributed by atoms with E-state index < -0.39 is 0 Å². The fraction of sp³-hybridized carbons (Fsp3) is 1.00. The lowest BCUT2D eigenvalue weighted by Crippen LogP contribution is -2.29. The lowest BCUT2D eigenvalue weighted by atomic mass is 9.97. The van der Waals surface area contributed by atoms with Crippen molar-refractivity contribution >= 4 is 12.6 Å². The van der Waals surface area contributed by atoms with Crippen LogP contribution in [0.5, 0.6) is 0 Å². The first-order chi connectivity index (χ1) is 4.77. The average molecular weight is 176 g/mol. The van der Waals surface area contributed by atoms with Crippen LogP contribution in [0.25, 0.3) is 0 Å². The highest BCUT2D eigenvalue weighted by molar-refractivity contribution is 7.80. The minimum absolute atomic E-state index is 0.0276. The number of hydrogen-bond acceptors (Lipinski definition) is 2. The Morgan fingerprint density at radius 1 is 1.09 bits per heavy atom. The van der Waals surface area contributed by atoms with Gasteiger partial charge in [-0.15, -0.1) is 0 Å². The first-order valence-corrected chi connectivity index (χ1v) is 4.65. The van der Waals surface area contributed by atoms with Crippen LogP contribution in [0.15, 0.2) is 0 Å². The molecule has 11 heavy (non-hydrogen) atoms. The summed E-state index contributed by atoms with van der Waals surface area (Å²) in [6, 6.07) is 0. The van der Waals surface area contributed by atoms with Gasteiger partial charge >= 0.3 is 0 Å². The number of hydrogen-bond donors (Lipinski definition) is 1. The van der Waals surface area contributed by atoms with Crippen LogP contribution in [0, 0.1) is 5.41 Å². The van der Waals surface area contributed by atoms with Gasteiger partial charge in [-0.1, -0.05) is 13.8 Å². The number of thiol groups is 1. The van der Waals surface area contributed by atoms with E-state index in [1.54, 1.807) is 0 Å². The Balaban J connectivity index is 3.70. The van der Waals surface area contributed by atoms with E-state index in [0.717, 1.165) is 12.4 Å². The van der Waals surface area contributed by atoms with Crippen LogP contribution in [-0.2, 0) is 4.74 Å².